The Morgan fingerprint density at radius 3 is 2.85 bits per heavy atom. The van der Waals surface area contributed by atoms with E-state index in [0.717, 1.165) is 24.8 Å². The first-order valence-electron chi connectivity index (χ1n) is 13.1. The minimum absolute atomic E-state index is 0.108. The highest BCUT2D eigenvalue weighted by Crippen LogP contribution is 2.35. The molecule has 10 heteroatoms. The zero-order valence-corrected chi connectivity index (χ0v) is 22.2. The number of thiophene rings is 1. The molecular weight excluding hydrogens is 523 g/mol. The third-order valence-electron chi connectivity index (χ3n) is 7.33. The quantitative estimate of drug-likeness (QED) is 0.411. The number of fused-ring (bicyclic) bond motifs is 2. The molecule has 0 radical (unpaired) electrons. The average molecular weight is 553 g/mol. The summed E-state index contributed by atoms with van der Waals surface area (Å²) >= 11 is 1.64. The zero-order chi connectivity index (χ0) is 26.8. The van der Waals surface area contributed by atoms with Gasteiger partial charge in [-0.2, -0.15) is 0 Å². The fraction of sp³-hybridized carbons (Fsp3) is 0.379. The second-order valence-corrected chi connectivity index (χ2v) is 10.8. The molecule has 3 aromatic rings. The van der Waals surface area contributed by atoms with Gasteiger partial charge in [0.25, 0.3) is 5.91 Å². The van der Waals surface area contributed by atoms with Gasteiger partial charge in [0.15, 0.2) is 23.1 Å². The van der Waals surface area contributed by atoms with Gasteiger partial charge in [-0.3, -0.25) is 9.59 Å². The summed E-state index contributed by atoms with van der Waals surface area (Å²) in [6.07, 6.45) is 2.35. The highest BCUT2D eigenvalue weighted by molar-refractivity contribution is 7.10. The maximum absolute atomic E-state index is 14.3. The molecule has 2 aromatic carbocycles. The number of hydrogen-bond acceptors (Lipinski definition) is 7. The van der Waals surface area contributed by atoms with Crippen molar-refractivity contribution in [2.24, 2.45) is 0 Å². The van der Waals surface area contributed by atoms with Gasteiger partial charge in [-0.15, -0.1) is 11.3 Å². The van der Waals surface area contributed by atoms with Crippen molar-refractivity contribution in [1.29, 1.82) is 0 Å². The molecule has 1 saturated heterocycles. The van der Waals surface area contributed by atoms with Crippen LogP contribution in [0.3, 0.4) is 0 Å². The molecule has 0 saturated carbocycles. The van der Waals surface area contributed by atoms with E-state index in [2.05, 4.69) is 0 Å². The predicted octanol–water partition coefficient (Wildman–Crippen LogP) is 4.44. The molecule has 8 nitrogen and oxygen atoms in total. The first kappa shape index (κ1) is 25.6. The van der Waals surface area contributed by atoms with E-state index >= 15 is 0 Å². The van der Waals surface area contributed by atoms with Crippen LogP contribution in [0, 0.1) is 5.82 Å². The number of hydrogen-bond donors (Lipinski definition) is 0. The number of ether oxygens (including phenoxy) is 4. The van der Waals surface area contributed by atoms with Crippen LogP contribution in [0.5, 0.6) is 17.2 Å². The Balaban J connectivity index is 1.22. The van der Waals surface area contributed by atoms with Gasteiger partial charge in [-0.05, 0) is 66.6 Å². The Morgan fingerprint density at radius 2 is 2.00 bits per heavy atom. The Bertz CT molecular complexity index is 1360. The zero-order valence-electron chi connectivity index (χ0n) is 21.3. The molecule has 204 valence electrons. The van der Waals surface area contributed by atoms with Crippen LogP contribution in [-0.4, -0.2) is 67.4 Å². The summed E-state index contributed by atoms with van der Waals surface area (Å²) in [4.78, 5) is 32.0. The van der Waals surface area contributed by atoms with Crippen molar-refractivity contribution in [1.82, 2.24) is 9.80 Å². The summed E-state index contributed by atoms with van der Waals surface area (Å²) in [6.45, 7) is 1.56. The third kappa shape index (κ3) is 5.44. The average Bonchev–Trinajstić information content (AvgIpc) is 3.73. The van der Waals surface area contributed by atoms with Gasteiger partial charge in [0.05, 0.1) is 12.1 Å². The lowest BCUT2D eigenvalue weighted by molar-refractivity contribution is -0.135. The number of para-hydroxylation sites is 1. The van der Waals surface area contributed by atoms with Gasteiger partial charge in [0.1, 0.15) is 13.2 Å². The maximum Gasteiger partial charge on any atom is 0.254 e. The van der Waals surface area contributed by atoms with Crippen molar-refractivity contribution in [3.63, 3.8) is 0 Å². The third-order valence-corrected chi connectivity index (χ3v) is 8.33. The van der Waals surface area contributed by atoms with Crippen molar-refractivity contribution < 1.29 is 32.9 Å². The molecule has 1 aromatic heterocycles. The van der Waals surface area contributed by atoms with Crippen LogP contribution < -0.4 is 14.2 Å². The van der Waals surface area contributed by atoms with Crippen LogP contribution in [0.4, 0.5) is 4.39 Å². The molecule has 39 heavy (non-hydrogen) atoms. The lowest BCUT2D eigenvalue weighted by atomic mass is 10.00. The molecule has 0 bridgehead atoms. The summed E-state index contributed by atoms with van der Waals surface area (Å²) in [7, 11) is 0. The number of nitrogens with zero attached hydrogens (tertiary/aromatic N) is 2. The van der Waals surface area contributed by atoms with Crippen molar-refractivity contribution >= 4 is 23.2 Å². The normalized spacial score (nSPS) is 19.6. The number of amides is 2. The Labute approximate surface area is 229 Å². The fourth-order valence-corrected chi connectivity index (χ4v) is 6.25. The number of carbonyl (C=O) groups is 2. The first-order chi connectivity index (χ1) is 19.1. The monoisotopic (exact) mass is 552 g/mol. The van der Waals surface area contributed by atoms with E-state index in [-0.39, 0.29) is 43.6 Å². The van der Waals surface area contributed by atoms with E-state index in [1.165, 1.54) is 10.9 Å². The standard InChI is InChI=1S/C29H29FN2O6S/c30-22-5-1-2-6-24(22)36-17-23-21-10-13-39-27(21)9-11-32(23)28(33)16-31(15-20-4-3-12-35-20)29(34)19-7-8-25-26(14-19)38-18-37-25/h1-2,5-8,10,13-14,20,23H,3-4,9,11-12,15-18H2/t20-,23-/m1/s1. The van der Waals surface area contributed by atoms with E-state index in [4.69, 9.17) is 18.9 Å². The summed E-state index contributed by atoms with van der Waals surface area (Å²) in [5.74, 6) is 0.325. The van der Waals surface area contributed by atoms with Crippen molar-refractivity contribution in [3.8, 4) is 17.2 Å². The molecule has 6 rings (SSSR count). The molecule has 3 aliphatic rings. The molecule has 3 aliphatic heterocycles. The van der Waals surface area contributed by atoms with Gasteiger partial charge >= 0.3 is 0 Å². The van der Waals surface area contributed by atoms with Crippen LogP contribution in [-0.2, 0) is 16.0 Å². The molecule has 0 aliphatic carbocycles. The molecule has 1 fully saturated rings. The largest absolute Gasteiger partial charge is 0.488 e. The van der Waals surface area contributed by atoms with Crippen LogP contribution >= 0.6 is 11.3 Å². The molecule has 0 spiro atoms. The van der Waals surface area contributed by atoms with Gasteiger partial charge < -0.3 is 28.7 Å². The van der Waals surface area contributed by atoms with E-state index in [1.54, 1.807) is 57.5 Å². The minimum atomic E-state index is -0.450. The van der Waals surface area contributed by atoms with Gasteiger partial charge in [0, 0.05) is 30.1 Å². The fourth-order valence-electron chi connectivity index (χ4n) is 5.32. The molecule has 0 N–H and O–H groups in total. The topological polar surface area (TPSA) is 77.5 Å². The minimum Gasteiger partial charge on any atom is -0.488 e. The maximum atomic E-state index is 14.3. The van der Waals surface area contributed by atoms with E-state index in [1.807, 2.05) is 11.4 Å². The first-order valence-corrected chi connectivity index (χ1v) is 14.0. The molecule has 4 heterocycles. The van der Waals surface area contributed by atoms with Crippen LogP contribution in [0.15, 0.2) is 53.9 Å². The predicted molar refractivity (Wildman–Crippen MR) is 142 cm³/mol. The van der Waals surface area contributed by atoms with Crippen molar-refractivity contribution in [3.05, 3.63) is 75.7 Å². The number of carbonyl (C=O) groups excluding carboxylic acids is 2. The van der Waals surface area contributed by atoms with Crippen LogP contribution in [0.25, 0.3) is 0 Å². The van der Waals surface area contributed by atoms with Gasteiger partial charge in [-0.1, -0.05) is 12.1 Å². The van der Waals surface area contributed by atoms with Crippen LogP contribution in [0.1, 0.15) is 39.7 Å². The highest BCUT2D eigenvalue weighted by Gasteiger charge is 2.35. The Hall–Kier alpha value is -3.63. The molecule has 2 atom stereocenters. The smallest absolute Gasteiger partial charge is 0.254 e. The second kappa shape index (κ2) is 11.2. The molecular formula is C29H29FN2O6S. The Kier molecular flexibility index (Phi) is 7.38. The van der Waals surface area contributed by atoms with Crippen molar-refractivity contribution in [2.75, 3.05) is 39.6 Å². The lowest BCUT2D eigenvalue weighted by Crippen LogP contribution is -2.49. The Morgan fingerprint density at radius 1 is 1.13 bits per heavy atom. The lowest BCUT2D eigenvalue weighted by Gasteiger charge is -2.37. The van der Waals surface area contributed by atoms with E-state index < -0.39 is 11.9 Å². The summed E-state index contributed by atoms with van der Waals surface area (Å²) in [5, 5.41) is 2.00. The molecule has 0 unspecified atom stereocenters. The highest BCUT2D eigenvalue weighted by atomic mass is 32.1. The second-order valence-electron chi connectivity index (χ2n) is 9.78. The number of rotatable bonds is 8. The molecule has 2 amide bonds. The van der Waals surface area contributed by atoms with Gasteiger partial charge in [-0.25, -0.2) is 4.39 Å². The SMILES string of the molecule is O=C(c1ccc2c(c1)OCO2)N(CC(=O)N1CCc2sccc2[C@H]1COc1ccccc1F)C[C@H]1CCCO1. The van der Waals surface area contributed by atoms with Crippen LogP contribution in [0.2, 0.25) is 0 Å². The van der Waals surface area contributed by atoms with E-state index in [0.29, 0.717) is 36.8 Å². The van der Waals surface area contributed by atoms with E-state index in [9.17, 15) is 14.0 Å². The van der Waals surface area contributed by atoms with Crippen molar-refractivity contribution in [2.45, 2.75) is 31.4 Å². The number of halogens is 1. The summed E-state index contributed by atoms with van der Waals surface area (Å²) in [6, 6.07) is 12.9. The number of benzene rings is 2. The summed E-state index contributed by atoms with van der Waals surface area (Å²) in [5.41, 5.74) is 1.42. The summed E-state index contributed by atoms with van der Waals surface area (Å²) < 4.78 is 36.8. The van der Waals surface area contributed by atoms with Gasteiger partial charge in [0.2, 0.25) is 12.7 Å².